The van der Waals surface area contributed by atoms with Crippen LogP contribution in [0, 0.1) is 0 Å². The standard InChI is InChI=1S/C18H26N2O4/c1-18(2,24-4)17(22)20-10-8-14(9-11-20)19-15-7-5-6-13(12-15)16(21)23-3/h5-7,12,14,19H,8-11H2,1-4H3. The van der Waals surface area contributed by atoms with Gasteiger partial charge < -0.3 is 19.7 Å². The van der Waals surface area contributed by atoms with Crippen LogP contribution >= 0.6 is 0 Å². The lowest BCUT2D eigenvalue weighted by atomic mass is 10.0. The highest BCUT2D eigenvalue weighted by Gasteiger charge is 2.33. The van der Waals surface area contributed by atoms with Crippen LogP contribution in [0.2, 0.25) is 0 Å². The lowest BCUT2D eigenvalue weighted by molar-refractivity contribution is -0.152. The number of hydrogen-bond acceptors (Lipinski definition) is 5. The average molecular weight is 334 g/mol. The van der Waals surface area contributed by atoms with E-state index in [-0.39, 0.29) is 17.9 Å². The number of nitrogens with zero attached hydrogens (tertiary/aromatic N) is 1. The molecule has 132 valence electrons. The van der Waals surface area contributed by atoms with Crippen LogP contribution in [-0.4, -0.2) is 55.7 Å². The molecule has 0 spiro atoms. The quantitative estimate of drug-likeness (QED) is 0.837. The summed E-state index contributed by atoms with van der Waals surface area (Å²) in [6, 6.07) is 7.54. The van der Waals surface area contributed by atoms with E-state index in [1.54, 1.807) is 33.1 Å². The molecule has 0 aliphatic carbocycles. The van der Waals surface area contributed by atoms with Crippen molar-refractivity contribution in [1.82, 2.24) is 4.90 Å². The zero-order valence-electron chi connectivity index (χ0n) is 14.8. The first kappa shape index (κ1) is 18.3. The number of carbonyl (C=O) groups is 2. The summed E-state index contributed by atoms with van der Waals surface area (Å²) in [4.78, 5) is 25.8. The maximum Gasteiger partial charge on any atom is 0.337 e. The molecule has 6 nitrogen and oxygen atoms in total. The molecule has 0 atom stereocenters. The van der Waals surface area contributed by atoms with Crippen molar-refractivity contribution in [2.24, 2.45) is 0 Å². The molecule has 1 heterocycles. The number of nitrogens with one attached hydrogen (secondary N) is 1. The van der Waals surface area contributed by atoms with E-state index in [1.807, 2.05) is 17.0 Å². The third-order valence-corrected chi connectivity index (χ3v) is 4.46. The normalized spacial score (nSPS) is 15.9. The Morgan fingerprint density at radius 3 is 2.46 bits per heavy atom. The minimum Gasteiger partial charge on any atom is -0.465 e. The van der Waals surface area contributed by atoms with Crippen LogP contribution in [0.1, 0.15) is 37.0 Å². The van der Waals surface area contributed by atoms with Crippen LogP contribution in [0.25, 0.3) is 0 Å². The number of ether oxygens (including phenoxy) is 2. The van der Waals surface area contributed by atoms with Crippen molar-refractivity contribution in [3.63, 3.8) is 0 Å². The Balaban J connectivity index is 1.92. The number of carbonyl (C=O) groups excluding carboxylic acids is 2. The van der Waals surface area contributed by atoms with Gasteiger partial charge in [0.1, 0.15) is 5.60 Å². The molecule has 1 fully saturated rings. The van der Waals surface area contributed by atoms with E-state index < -0.39 is 5.60 Å². The number of hydrogen-bond donors (Lipinski definition) is 1. The highest BCUT2D eigenvalue weighted by atomic mass is 16.5. The summed E-state index contributed by atoms with van der Waals surface area (Å²) in [7, 11) is 2.93. The molecule has 1 aliphatic heterocycles. The molecule has 0 unspecified atom stereocenters. The van der Waals surface area contributed by atoms with Crippen molar-refractivity contribution in [3.05, 3.63) is 29.8 Å². The van der Waals surface area contributed by atoms with E-state index in [4.69, 9.17) is 9.47 Å². The molecule has 2 rings (SSSR count). The SMILES string of the molecule is COC(=O)c1cccc(NC2CCN(C(=O)C(C)(C)OC)CC2)c1. The Hall–Kier alpha value is -2.08. The number of amides is 1. The summed E-state index contributed by atoms with van der Waals surface area (Å²) >= 11 is 0. The van der Waals surface area contributed by atoms with Gasteiger partial charge in [0.25, 0.3) is 5.91 Å². The van der Waals surface area contributed by atoms with Crippen molar-refractivity contribution in [2.75, 3.05) is 32.6 Å². The third kappa shape index (κ3) is 4.26. The van der Waals surface area contributed by atoms with Crippen molar-refractivity contribution in [1.29, 1.82) is 0 Å². The largest absolute Gasteiger partial charge is 0.465 e. The van der Waals surface area contributed by atoms with Gasteiger partial charge in [0, 0.05) is 31.9 Å². The highest BCUT2D eigenvalue weighted by Crippen LogP contribution is 2.21. The summed E-state index contributed by atoms with van der Waals surface area (Å²) in [5.74, 6) is -0.322. The van der Waals surface area contributed by atoms with Crippen LogP contribution < -0.4 is 5.32 Å². The van der Waals surface area contributed by atoms with Gasteiger partial charge >= 0.3 is 5.97 Å². The van der Waals surface area contributed by atoms with Crippen molar-refractivity contribution < 1.29 is 19.1 Å². The van der Waals surface area contributed by atoms with E-state index in [9.17, 15) is 9.59 Å². The second-order valence-corrected chi connectivity index (χ2v) is 6.50. The molecule has 0 radical (unpaired) electrons. The Bertz CT molecular complexity index is 592. The van der Waals surface area contributed by atoms with Gasteiger partial charge in [0.15, 0.2) is 0 Å². The third-order valence-electron chi connectivity index (χ3n) is 4.46. The number of piperidine rings is 1. The van der Waals surface area contributed by atoms with E-state index in [0.717, 1.165) is 18.5 Å². The van der Waals surface area contributed by atoms with E-state index >= 15 is 0 Å². The Morgan fingerprint density at radius 1 is 1.21 bits per heavy atom. The average Bonchev–Trinajstić information content (AvgIpc) is 2.61. The van der Waals surface area contributed by atoms with Crippen LogP contribution in [0.15, 0.2) is 24.3 Å². The summed E-state index contributed by atoms with van der Waals surface area (Å²) in [6.07, 6.45) is 1.71. The molecule has 1 N–H and O–H groups in total. The first-order valence-corrected chi connectivity index (χ1v) is 8.17. The van der Waals surface area contributed by atoms with E-state index in [1.165, 1.54) is 7.11 Å². The molecule has 24 heavy (non-hydrogen) atoms. The molecule has 1 amide bonds. The molecular formula is C18H26N2O4. The molecular weight excluding hydrogens is 308 g/mol. The van der Waals surface area contributed by atoms with Crippen LogP contribution in [0.4, 0.5) is 5.69 Å². The van der Waals surface area contributed by atoms with Gasteiger partial charge in [-0.05, 0) is 44.9 Å². The Kier molecular flexibility index (Phi) is 5.83. The van der Waals surface area contributed by atoms with Crippen molar-refractivity contribution in [3.8, 4) is 0 Å². The predicted molar refractivity (Wildman–Crippen MR) is 92.1 cm³/mol. The van der Waals surface area contributed by atoms with E-state index in [0.29, 0.717) is 18.7 Å². The number of methoxy groups -OCH3 is 2. The summed E-state index contributed by atoms with van der Waals surface area (Å²) in [5.41, 5.74) is 0.631. The number of anilines is 1. The van der Waals surface area contributed by atoms with E-state index in [2.05, 4.69) is 5.32 Å². The van der Waals surface area contributed by atoms with Gasteiger partial charge in [0.2, 0.25) is 0 Å². The zero-order chi connectivity index (χ0) is 17.7. The summed E-state index contributed by atoms with van der Waals surface area (Å²) in [5, 5.41) is 3.44. The second kappa shape index (κ2) is 7.66. The first-order chi connectivity index (χ1) is 11.4. The molecule has 1 aliphatic rings. The molecule has 0 saturated carbocycles. The maximum atomic E-state index is 12.4. The smallest absolute Gasteiger partial charge is 0.337 e. The molecule has 1 aromatic rings. The highest BCUT2D eigenvalue weighted by molar-refractivity contribution is 5.90. The number of rotatable bonds is 5. The summed E-state index contributed by atoms with van der Waals surface area (Å²) < 4.78 is 10.0. The van der Waals surface area contributed by atoms with Gasteiger partial charge in [-0.2, -0.15) is 0 Å². The fourth-order valence-electron chi connectivity index (χ4n) is 2.78. The van der Waals surface area contributed by atoms with Crippen LogP contribution in [-0.2, 0) is 14.3 Å². The van der Waals surface area contributed by atoms with Gasteiger partial charge in [-0.25, -0.2) is 4.79 Å². The van der Waals surface area contributed by atoms with Crippen LogP contribution in [0.3, 0.4) is 0 Å². The maximum absolute atomic E-state index is 12.4. The van der Waals surface area contributed by atoms with Crippen molar-refractivity contribution >= 4 is 17.6 Å². The first-order valence-electron chi connectivity index (χ1n) is 8.17. The zero-order valence-corrected chi connectivity index (χ0v) is 14.8. The molecule has 0 aromatic heterocycles. The van der Waals surface area contributed by atoms with Gasteiger partial charge in [-0.1, -0.05) is 6.07 Å². The fourth-order valence-corrected chi connectivity index (χ4v) is 2.78. The second-order valence-electron chi connectivity index (χ2n) is 6.50. The van der Waals surface area contributed by atoms with Gasteiger partial charge in [-0.15, -0.1) is 0 Å². The molecule has 1 saturated heterocycles. The predicted octanol–water partition coefficient (Wildman–Crippen LogP) is 2.30. The molecule has 0 bridgehead atoms. The Morgan fingerprint density at radius 2 is 1.88 bits per heavy atom. The monoisotopic (exact) mass is 334 g/mol. The van der Waals surface area contributed by atoms with Gasteiger partial charge in [-0.3, -0.25) is 4.79 Å². The molecule has 6 heteroatoms. The van der Waals surface area contributed by atoms with Gasteiger partial charge in [0.05, 0.1) is 12.7 Å². The minimum atomic E-state index is -0.783. The lowest BCUT2D eigenvalue weighted by Crippen LogP contribution is -2.50. The topological polar surface area (TPSA) is 67.9 Å². The lowest BCUT2D eigenvalue weighted by Gasteiger charge is -2.36. The Labute approximate surface area is 143 Å². The fraction of sp³-hybridized carbons (Fsp3) is 0.556. The van der Waals surface area contributed by atoms with Crippen LogP contribution in [0.5, 0.6) is 0 Å². The van der Waals surface area contributed by atoms with Crippen molar-refractivity contribution in [2.45, 2.75) is 38.3 Å². The number of likely N-dealkylation sites (tertiary alicyclic amines) is 1. The molecule has 1 aromatic carbocycles. The minimum absolute atomic E-state index is 0.0242. The number of esters is 1. The summed E-state index contributed by atoms with van der Waals surface area (Å²) in [6.45, 7) is 4.97. The number of benzene rings is 1.